The van der Waals surface area contributed by atoms with E-state index in [4.69, 9.17) is 4.74 Å². The summed E-state index contributed by atoms with van der Waals surface area (Å²) in [5.41, 5.74) is 0. The first-order chi connectivity index (χ1) is 28.5. The van der Waals surface area contributed by atoms with Crippen molar-refractivity contribution >= 4 is 11.9 Å². The molecule has 0 spiro atoms. The molecule has 0 saturated carbocycles. The van der Waals surface area contributed by atoms with Gasteiger partial charge in [0, 0.05) is 12.8 Å². The Hall–Kier alpha value is -1.92. The minimum absolute atomic E-state index is 0.0282. The highest BCUT2D eigenvalue weighted by atomic mass is 16.5. The molecule has 0 aliphatic carbocycles. The Balaban J connectivity index is 3.51. The van der Waals surface area contributed by atoms with Crippen LogP contribution in [0.25, 0.3) is 0 Å². The first-order valence-corrected chi connectivity index (χ1v) is 25.3. The molecule has 0 aromatic rings. The van der Waals surface area contributed by atoms with Crippen LogP contribution in [-0.2, 0) is 14.3 Å². The number of rotatable bonds is 46. The van der Waals surface area contributed by atoms with Crippen molar-refractivity contribution < 1.29 is 24.5 Å². The molecule has 0 radical (unpaired) electrons. The summed E-state index contributed by atoms with van der Waals surface area (Å²) >= 11 is 0. The van der Waals surface area contributed by atoms with Crippen molar-refractivity contribution in [1.82, 2.24) is 5.32 Å². The molecule has 0 bridgehead atoms. The van der Waals surface area contributed by atoms with Gasteiger partial charge in [0.1, 0.15) is 0 Å². The van der Waals surface area contributed by atoms with Crippen LogP contribution in [0.1, 0.15) is 258 Å². The van der Waals surface area contributed by atoms with Crippen molar-refractivity contribution in [3.8, 4) is 0 Å². The summed E-state index contributed by atoms with van der Waals surface area (Å²) in [5.74, 6) is -0.125. The lowest BCUT2D eigenvalue weighted by Crippen LogP contribution is -2.45. The van der Waals surface area contributed by atoms with E-state index in [0.29, 0.717) is 19.4 Å². The van der Waals surface area contributed by atoms with E-state index in [1.807, 2.05) is 6.08 Å². The number of aliphatic hydroxyl groups is 2. The molecule has 0 heterocycles. The maximum atomic E-state index is 12.4. The zero-order valence-corrected chi connectivity index (χ0v) is 38.5. The number of hydrogen-bond acceptors (Lipinski definition) is 5. The van der Waals surface area contributed by atoms with Crippen molar-refractivity contribution in [2.24, 2.45) is 0 Å². The van der Waals surface area contributed by atoms with Gasteiger partial charge in [-0.05, 0) is 89.9 Å². The van der Waals surface area contributed by atoms with Gasteiger partial charge in [-0.25, -0.2) is 0 Å². The Kier molecular flexibility index (Phi) is 46.2. The van der Waals surface area contributed by atoms with E-state index in [-0.39, 0.29) is 18.5 Å². The van der Waals surface area contributed by atoms with Crippen LogP contribution in [0.2, 0.25) is 0 Å². The van der Waals surface area contributed by atoms with Crippen LogP contribution in [0.4, 0.5) is 0 Å². The minimum Gasteiger partial charge on any atom is -0.466 e. The van der Waals surface area contributed by atoms with Crippen LogP contribution in [-0.4, -0.2) is 47.4 Å². The minimum atomic E-state index is -0.859. The topological polar surface area (TPSA) is 95.9 Å². The van der Waals surface area contributed by atoms with Crippen molar-refractivity contribution in [3.05, 3.63) is 36.5 Å². The lowest BCUT2D eigenvalue weighted by Gasteiger charge is -2.20. The molecule has 6 heteroatoms. The van der Waals surface area contributed by atoms with Gasteiger partial charge in [0.05, 0.1) is 25.4 Å². The van der Waals surface area contributed by atoms with Gasteiger partial charge in [-0.3, -0.25) is 9.59 Å². The second kappa shape index (κ2) is 47.8. The molecule has 3 N–H and O–H groups in total. The Labute approximate surface area is 360 Å². The van der Waals surface area contributed by atoms with E-state index < -0.39 is 12.1 Å². The third-order valence-corrected chi connectivity index (χ3v) is 11.4. The summed E-state index contributed by atoms with van der Waals surface area (Å²) in [6.07, 6.45) is 57.2. The van der Waals surface area contributed by atoms with Crippen molar-refractivity contribution in [1.29, 1.82) is 0 Å². The zero-order valence-electron chi connectivity index (χ0n) is 38.5. The molecular weight excluding hydrogens is 719 g/mol. The van der Waals surface area contributed by atoms with Crippen LogP contribution in [0.5, 0.6) is 0 Å². The summed E-state index contributed by atoms with van der Waals surface area (Å²) < 4.78 is 5.45. The molecule has 2 unspecified atom stereocenters. The highest BCUT2D eigenvalue weighted by Crippen LogP contribution is 2.14. The average Bonchev–Trinajstić information content (AvgIpc) is 3.22. The smallest absolute Gasteiger partial charge is 0.305 e. The molecule has 340 valence electrons. The Morgan fingerprint density at radius 2 is 0.810 bits per heavy atom. The molecule has 0 aliphatic heterocycles. The van der Waals surface area contributed by atoms with E-state index in [9.17, 15) is 19.8 Å². The van der Waals surface area contributed by atoms with Crippen molar-refractivity contribution in [2.45, 2.75) is 270 Å². The number of ether oxygens (including phenoxy) is 1. The second-order valence-electron chi connectivity index (χ2n) is 17.1. The fraction of sp³-hybridized carbons (Fsp3) is 0.846. The summed E-state index contributed by atoms with van der Waals surface area (Å²) in [6, 6.07) is -0.645. The molecule has 0 fully saturated rings. The third kappa shape index (κ3) is 43.7. The van der Waals surface area contributed by atoms with E-state index in [0.717, 1.165) is 83.5 Å². The number of amides is 1. The van der Waals surface area contributed by atoms with Gasteiger partial charge >= 0.3 is 5.97 Å². The van der Waals surface area contributed by atoms with Crippen LogP contribution >= 0.6 is 0 Å². The average molecular weight is 816 g/mol. The molecule has 6 nitrogen and oxygen atoms in total. The quantitative estimate of drug-likeness (QED) is 0.0323. The number of unbranched alkanes of at least 4 members (excludes halogenated alkanes) is 31. The van der Waals surface area contributed by atoms with Gasteiger partial charge in [-0.1, -0.05) is 192 Å². The summed E-state index contributed by atoms with van der Waals surface area (Å²) in [6.45, 7) is 4.82. The predicted molar refractivity (Wildman–Crippen MR) is 250 cm³/mol. The summed E-state index contributed by atoms with van der Waals surface area (Å²) in [4.78, 5) is 24.4. The van der Waals surface area contributed by atoms with E-state index >= 15 is 0 Å². The Morgan fingerprint density at radius 1 is 0.466 bits per heavy atom. The lowest BCUT2D eigenvalue weighted by atomic mass is 10.1. The van der Waals surface area contributed by atoms with E-state index in [1.54, 1.807) is 6.08 Å². The summed E-state index contributed by atoms with van der Waals surface area (Å²) in [7, 11) is 0. The van der Waals surface area contributed by atoms with Crippen LogP contribution in [0.3, 0.4) is 0 Å². The molecule has 58 heavy (non-hydrogen) atoms. The second-order valence-corrected chi connectivity index (χ2v) is 17.1. The molecular formula is C52H97NO5. The molecule has 2 atom stereocenters. The number of hydrogen-bond donors (Lipinski definition) is 3. The largest absolute Gasteiger partial charge is 0.466 e. The monoisotopic (exact) mass is 816 g/mol. The number of carbonyl (C=O) groups excluding carboxylic acids is 2. The van der Waals surface area contributed by atoms with Crippen molar-refractivity contribution in [2.75, 3.05) is 13.2 Å². The first kappa shape index (κ1) is 56.1. The van der Waals surface area contributed by atoms with Gasteiger partial charge < -0.3 is 20.3 Å². The Morgan fingerprint density at radius 3 is 1.22 bits per heavy atom. The predicted octanol–water partition coefficient (Wildman–Crippen LogP) is 14.9. The first-order valence-electron chi connectivity index (χ1n) is 25.3. The molecule has 0 saturated heterocycles. The molecule has 0 aromatic carbocycles. The number of nitrogens with one attached hydrogen (secondary N) is 1. The molecule has 0 aromatic heterocycles. The number of esters is 1. The van der Waals surface area contributed by atoms with E-state index in [1.165, 1.54) is 148 Å². The van der Waals surface area contributed by atoms with Gasteiger partial charge in [-0.2, -0.15) is 0 Å². The van der Waals surface area contributed by atoms with Crippen LogP contribution < -0.4 is 5.32 Å². The van der Waals surface area contributed by atoms with Gasteiger partial charge in [0.2, 0.25) is 5.91 Å². The van der Waals surface area contributed by atoms with E-state index in [2.05, 4.69) is 43.5 Å². The SMILES string of the molecule is CCCCCCCCC/C=C\CCCCCCCCCC(=O)OCCCCC/C=C\CCCCCCCC(=O)NC(CO)C(O)/C=C/CCCCCCCCCCC. The zero-order chi connectivity index (χ0) is 42.3. The highest BCUT2D eigenvalue weighted by Gasteiger charge is 2.18. The fourth-order valence-electron chi connectivity index (χ4n) is 7.44. The molecule has 0 aliphatic rings. The maximum Gasteiger partial charge on any atom is 0.305 e. The van der Waals surface area contributed by atoms with Crippen LogP contribution in [0.15, 0.2) is 36.5 Å². The fourth-order valence-corrected chi connectivity index (χ4v) is 7.44. The Bertz CT molecular complexity index is 946. The van der Waals surface area contributed by atoms with Crippen LogP contribution in [0, 0.1) is 0 Å². The number of carbonyl (C=O) groups is 2. The highest BCUT2D eigenvalue weighted by molar-refractivity contribution is 5.76. The molecule has 1 amide bonds. The summed E-state index contributed by atoms with van der Waals surface area (Å²) in [5, 5.41) is 22.9. The maximum absolute atomic E-state index is 12.4. The van der Waals surface area contributed by atoms with Gasteiger partial charge in [0.25, 0.3) is 0 Å². The van der Waals surface area contributed by atoms with Gasteiger partial charge in [0.15, 0.2) is 0 Å². The standard InChI is InChI=1S/C52H97NO5/c1-3-5-7-9-11-13-15-16-17-18-19-20-21-26-30-34-38-42-46-52(57)58-47-43-39-35-31-27-23-22-25-29-33-37-41-45-51(56)53-49(48-54)50(55)44-40-36-32-28-24-14-12-10-8-6-4-2/h17-18,23,27,40,44,49-50,54-55H,3-16,19-22,24-26,28-39,41-43,45-48H2,1-2H3,(H,53,56)/b18-17-,27-23-,44-40+. The number of allylic oxidation sites excluding steroid dienone is 5. The number of aliphatic hydroxyl groups excluding tert-OH is 2. The third-order valence-electron chi connectivity index (χ3n) is 11.4. The normalized spacial score (nSPS) is 13.0. The van der Waals surface area contributed by atoms with Gasteiger partial charge in [-0.15, -0.1) is 0 Å². The molecule has 0 rings (SSSR count). The lowest BCUT2D eigenvalue weighted by molar-refractivity contribution is -0.143. The van der Waals surface area contributed by atoms with Crippen molar-refractivity contribution in [3.63, 3.8) is 0 Å².